The summed E-state index contributed by atoms with van der Waals surface area (Å²) in [5, 5.41) is 10.9. The molecule has 0 unspecified atom stereocenters. The lowest BCUT2D eigenvalue weighted by Gasteiger charge is -2.34. The number of urea groups is 1. The molecule has 0 aliphatic carbocycles. The molecule has 27 heavy (non-hydrogen) atoms. The van der Waals surface area contributed by atoms with Crippen LogP contribution in [0, 0.1) is 0 Å². The number of anilines is 2. The Labute approximate surface area is 165 Å². The van der Waals surface area contributed by atoms with Crippen LogP contribution >= 0.6 is 11.3 Å². The number of aromatic nitrogens is 3. The molecule has 8 heteroatoms. The molecular weight excluding hydrogens is 360 g/mol. The molecular formula is C19H30N6OS. The number of hydrogen-bond donors (Lipinski definition) is 1. The summed E-state index contributed by atoms with van der Waals surface area (Å²) in [6.07, 6.45) is 1.82. The lowest BCUT2D eigenvalue weighted by atomic mass is 9.92. The molecule has 2 aromatic rings. The summed E-state index contributed by atoms with van der Waals surface area (Å²) < 4.78 is 1.91. The number of nitrogens with zero attached hydrogens (tertiary/aromatic N) is 5. The third-order valence-corrected chi connectivity index (χ3v) is 5.44. The fourth-order valence-corrected chi connectivity index (χ4v) is 3.71. The lowest BCUT2D eigenvalue weighted by Crippen LogP contribution is -2.50. The second-order valence-electron chi connectivity index (χ2n) is 8.97. The summed E-state index contributed by atoms with van der Waals surface area (Å²) in [6.45, 7) is 15.6. The van der Waals surface area contributed by atoms with E-state index in [1.165, 1.54) is 0 Å². The molecule has 0 aromatic carbocycles. The third-order valence-electron chi connectivity index (χ3n) is 4.60. The van der Waals surface area contributed by atoms with Gasteiger partial charge in [0.15, 0.2) is 5.13 Å². The molecule has 1 fully saturated rings. The van der Waals surface area contributed by atoms with E-state index in [1.54, 1.807) is 11.3 Å². The molecule has 3 rings (SSSR count). The largest absolute Gasteiger partial charge is 0.345 e. The van der Waals surface area contributed by atoms with E-state index in [0.29, 0.717) is 13.1 Å². The Hall–Kier alpha value is -2.09. The van der Waals surface area contributed by atoms with Crippen LogP contribution in [-0.4, -0.2) is 51.9 Å². The number of carbonyl (C=O) groups is 1. The summed E-state index contributed by atoms with van der Waals surface area (Å²) >= 11 is 1.64. The Kier molecular flexibility index (Phi) is 5.20. The van der Waals surface area contributed by atoms with Gasteiger partial charge < -0.3 is 9.80 Å². The molecule has 0 atom stereocenters. The first-order valence-corrected chi connectivity index (χ1v) is 10.2. The van der Waals surface area contributed by atoms with Gasteiger partial charge in [0.1, 0.15) is 5.82 Å². The van der Waals surface area contributed by atoms with Crippen LogP contribution in [0.25, 0.3) is 0 Å². The van der Waals surface area contributed by atoms with E-state index in [9.17, 15) is 4.79 Å². The van der Waals surface area contributed by atoms with E-state index in [-0.39, 0.29) is 17.0 Å². The van der Waals surface area contributed by atoms with Gasteiger partial charge in [0.25, 0.3) is 0 Å². The van der Waals surface area contributed by atoms with Crippen LogP contribution in [0.2, 0.25) is 0 Å². The van der Waals surface area contributed by atoms with Crippen molar-refractivity contribution < 1.29 is 4.79 Å². The number of thiazole rings is 1. The Balaban J connectivity index is 1.70. The van der Waals surface area contributed by atoms with Gasteiger partial charge in [-0.3, -0.25) is 5.32 Å². The molecule has 2 aromatic heterocycles. The van der Waals surface area contributed by atoms with Gasteiger partial charge in [-0.05, 0) is 20.8 Å². The molecule has 7 nitrogen and oxygen atoms in total. The first kappa shape index (κ1) is 19.7. The zero-order chi connectivity index (χ0) is 19.8. The average Bonchev–Trinajstić information content (AvgIpc) is 3.23. The maximum Gasteiger partial charge on any atom is 0.323 e. The highest BCUT2D eigenvalue weighted by molar-refractivity contribution is 7.13. The highest BCUT2D eigenvalue weighted by Gasteiger charge is 2.28. The first-order valence-electron chi connectivity index (χ1n) is 9.37. The predicted octanol–water partition coefficient (Wildman–Crippen LogP) is 3.75. The van der Waals surface area contributed by atoms with Crippen molar-refractivity contribution in [3.05, 3.63) is 23.3 Å². The lowest BCUT2D eigenvalue weighted by molar-refractivity contribution is 0.207. The summed E-state index contributed by atoms with van der Waals surface area (Å²) in [5.41, 5.74) is 0.687. The average molecular weight is 391 g/mol. The van der Waals surface area contributed by atoms with E-state index in [4.69, 9.17) is 5.10 Å². The predicted molar refractivity (Wildman–Crippen MR) is 111 cm³/mol. The summed E-state index contributed by atoms with van der Waals surface area (Å²) in [6, 6.07) is 1.93. The number of nitrogens with one attached hydrogen (secondary N) is 1. The topological polar surface area (TPSA) is 66.3 Å². The van der Waals surface area contributed by atoms with Crippen molar-refractivity contribution in [2.24, 2.45) is 0 Å². The number of piperazine rings is 1. The van der Waals surface area contributed by atoms with Crippen molar-refractivity contribution in [2.75, 3.05) is 36.4 Å². The highest BCUT2D eigenvalue weighted by Crippen LogP contribution is 2.28. The molecule has 0 spiro atoms. The molecule has 148 valence electrons. The minimum absolute atomic E-state index is 0.0698. The summed E-state index contributed by atoms with van der Waals surface area (Å²) in [5.74, 6) is 0.750. The quantitative estimate of drug-likeness (QED) is 0.848. The van der Waals surface area contributed by atoms with E-state index < -0.39 is 0 Å². The number of rotatable bonds is 2. The molecule has 0 bridgehead atoms. The molecule has 2 amide bonds. The minimum Gasteiger partial charge on any atom is -0.345 e. The number of hydrogen-bond acceptors (Lipinski definition) is 5. The second-order valence-corrected chi connectivity index (χ2v) is 9.84. The van der Waals surface area contributed by atoms with Crippen molar-refractivity contribution >= 4 is 28.3 Å². The van der Waals surface area contributed by atoms with Gasteiger partial charge in [0, 0.05) is 49.2 Å². The smallest absolute Gasteiger partial charge is 0.323 e. The van der Waals surface area contributed by atoms with Gasteiger partial charge in [0.05, 0.1) is 11.2 Å². The standard InChI is InChI=1S/C19H30N6OS/c1-18(2,3)14-13-15(25(22-14)19(4,5)6)21-16(26)23-8-10-24(11-9-23)17-20-7-12-27-17/h7,12-13H,8-11H2,1-6H3,(H,21,26). The molecule has 3 heterocycles. The van der Waals surface area contributed by atoms with Gasteiger partial charge in [0.2, 0.25) is 0 Å². The molecule has 1 aliphatic heterocycles. The fraction of sp³-hybridized carbons (Fsp3) is 0.632. The van der Waals surface area contributed by atoms with E-state index in [2.05, 4.69) is 56.7 Å². The monoisotopic (exact) mass is 390 g/mol. The normalized spacial score (nSPS) is 15.9. The van der Waals surface area contributed by atoms with Crippen LogP contribution in [0.3, 0.4) is 0 Å². The van der Waals surface area contributed by atoms with Gasteiger partial charge in [-0.15, -0.1) is 11.3 Å². The Morgan fingerprint density at radius 1 is 1.11 bits per heavy atom. The van der Waals surface area contributed by atoms with Gasteiger partial charge >= 0.3 is 6.03 Å². The van der Waals surface area contributed by atoms with Crippen LogP contribution in [0.1, 0.15) is 47.2 Å². The van der Waals surface area contributed by atoms with Gasteiger partial charge in [-0.2, -0.15) is 5.10 Å². The second kappa shape index (κ2) is 7.14. The van der Waals surface area contributed by atoms with Crippen molar-refractivity contribution in [1.82, 2.24) is 19.7 Å². The summed E-state index contributed by atoms with van der Waals surface area (Å²) in [4.78, 5) is 21.3. The molecule has 1 N–H and O–H groups in total. The molecule has 0 radical (unpaired) electrons. The Bertz CT molecular complexity index is 776. The number of carbonyl (C=O) groups excluding carboxylic acids is 1. The SMILES string of the molecule is CC(C)(C)c1cc(NC(=O)N2CCN(c3nccs3)CC2)n(C(C)(C)C)n1. The highest BCUT2D eigenvalue weighted by atomic mass is 32.1. The molecule has 1 saturated heterocycles. The Morgan fingerprint density at radius 3 is 2.30 bits per heavy atom. The maximum atomic E-state index is 12.8. The third kappa shape index (κ3) is 4.43. The zero-order valence-corrected chi connectivity index (χ0v) is 17.9. The van der Waals surface area contributed by atoms with Crippen molar-refractivity contribution in [1.29, 1.82) is 0 Å². The van der Waals surface area contributed by atoms with Crippen LogP contribution in [0.5, 0.6) is 0 Å². The molecule has 1 aliphatic rings. The van der Waals surface area contributed by atoms with E-state index in [0.717, 1.165) is 29.7 Å². The Morgan fingerprint density at radius 2 is 1.78 bits per heavy atom. The van der Waals surface area contributed by atoms with Crippen molar-refractivity contribution in [3.63, 3.8) is 0 Å². The zero-order valence-electron chi connectivity index (χ0n) is 17.1. The van der Waals surface area contributed by atoms with Crippen molar-refractivity contribution in [3.8, 4) is 0 Å². The van der Waals surface area contributed by atoms with Gasteiger partial charge in [-0.1, -0.05) is 20.8 Å². The maximum absolute atomic E-state index is 12.8. The van der Waals surface area contributed by atoms with Crippen LogP contribution < -0.4 is 10.2 Å². The van der Waals surface area contributed by atoms with Crippen LogP contribution in [0.15, 0.2) is 17.6 Å². The fourth-order valence-electron chi connectivity index (χ4n) is 3.01. The minimum atomic E-state index is -0.213. The van der Waals surface area contributed by atoms with Crippen molar-refractivity contribution in [2.45, 2.75) is 52.5 Å². The van der Waals surface area contributed by atoms with Crippen LogP contribution in [-0.2, 0) is 11.0 Å². The molecule has 0 saturated carbocycles. The first-order chi connectivity index (χ1) is 12.6. The van der Waals surface area contributed by atoms with E-state index in [1.807, 2.05) is 27.2 Å². The summed E-state index contributed by atoms with van der Waals surface area (Å²) in [7, 11) is 0. The van der Waals surface area contributed by atoms with Gasteiger partial charge in [-0.25, -0.2) is 14.5 Å². The number of amides is 2. The van der Waals surface area contributed by atoms with Crippen LogP contribution in [0.4, 0.5) is 15.7 Å². The van der Waals surface area contributed by atoms with E-state index >= 15 is 0 Å².